The minimum absolute atomic E-state index is 0.111. The van der Waals surface area contributed by atoms with Gasteiger partial charge >= 0.3 is 0 Å². The molecule has 2 aromatic carbocycles. The molecule has 0 spiro atoms. The predicted octanol–water partition coefficient (Wildman–Crippen LogP) is 2.52. The van der Waals surface area contributed by atoms with Gasteiger partial charge in [-0.25, -0.2) is 0 Å². The van der Waals surface area contributed by atoms with E-state index in [9.17, 15) is 14.4 Å². The molecule has 0 N–H and O–H groups in total. The zero-order valence-electron chi connectivity index (χ0n) is 15.5. The quantitative estimate of drug-likeness (QED) is 0.747. The second-order valence-electron chi connectivity index (χ2n) is 7.13. The van der Waals surface area contributed by atoms with Gasteiger partial charge in [0.2, 0.25) is 0 Å². The van der Waals surface area contributed by atoms with Crippen LogP contribution in [0.5, 0.6) is 0 Å². The molecule has 2 aliphatic rings. The number of piperazine rings is 1. The molecule has 144 valence electrons. The second-order valence-corrected chi connectivity index (χ2v) is 7.56. The van der Waals surface area contributed by atoms with Crippen LogP contribution in [0, 0.1) is 0 Å². The zero-order chi connectivity index (χ0) is 19.8. The van der Waals surface area contributed by atoms with Crippen molar-refractivity contribution in [2.45, 2.75) is 6.54 Å². The summed E-state index contributed by atoms with van der Waals surface area (Å²) in [7, 11) is 1.45. The highest BCUT2D eigenvalue weighted by Gasteiger charge is 2.33. The van der Waals surface area contributed by atoms with E-state index in [1.54, 1.807) is 23.1 Å². The van der Waals surface area contributed by atoms with Gasteiger partial charge in [-0.3, -0.25) is 24.2 Å². The number of amides is 3. The van der Waals surface area contributed by atoms with Crippen molar-refractivity contribution in [3.63, 3.8) is 0 Å². The molecule has 0 unspecified atom stereocenters. The van der Waals surface area contributed by atoms with E-state index in [4.69, 9.17) is 11.6 Å². The summed E-state index contributed by atoms with van der Waals surface area (Å²) in [5.74, 6) is -0.797. The second kappa shape index (κ2) is 7.37. The molecule has 0 saturated carbocycles. The fraction of sp³-hybridized carbons (Fsp3) is 0.286. The lowest BCUT2D eigenvalue weighted by atomic mass is 10.0. The number of halogens is 1. The molecule has 28 heavy (non-hydrogen) atoms. The number of carbonyl (C=O) groups is 3. The van der Waals surface area contributed by atoms with Crippen LogP contribution in [0.2, 0.25) is 5.02 Å². The van der Waals surface area contributed by atoms with Gasteiger partial charge in [-0.2, -0.15) is 0 Å². The average Bonchev–Trinajstić information content (AvgIpc) is 2.92. The summed E-state index contributed by atoms with van der Waals surface area (Å²) in [6.07, 6.45) is 0. The van der Waals surface area contributed by atoms with Gasteiger partial charge in [0.1, 0.15) is 0 Å². The molecule has 1 fully saturated rings. The average molecular weight is 398 g/mol. The molecule has 2 heterocycles. The van der Waals surface area contributed by atoms with Crippen LogP contribution in [0.15, 0.2) is 42.5 Å². The molecule has 0 aliphatic carbocycles. The maximum atomic E-state index is 12.9. The summed E-state index contributed by atoms with van der Waals surface area (Å²) in [5.41, 5.74) is 2.25. The fourth-order valence-corrected chi connectivity index (χ4v) is 3.89. The van der Waals surface area contributed by atoms with E-state index in [-0.39, 0.29) is 17.7 Å². The van der Waals surface area contributed by atoms with Crippen molar-refractivity contribution in [2.24, 2.45) is 0 Å². The summed E-state index contributed by atoms with van der Waals surface area (Å²) >= 11 is 6.04. The van der Waals surface area contributed by atoms with Gasteiger partial charge in [0.25, 0.3) is 17.7 Å². The topological polar surface area (TPSA) is 60.9 Å². The van der Waals surface area contributed by atoms with Crippen molar-refractivity contribution in [3.05, 3.63) is 69.7 Å². The summed E-state index contributed by atoms with van der Waals surface area (Å²) in [6.45, 7) is 3.56. The van der Waals surface area contributed by atoms with Crippen molar-refractivity contribution < 1.29 is 14.4 Å². The minimum Gasteiger partial charge on any atom is -0.336 e. The van der Waals surface area contributed by atoms with Crippen LogP contribution in [-0.4, -0.2) is 65.6 Å². The molecule has 0 atom stereocenters. The van der Waals surface area contributed by atoms with Gasteiger partial charge in [0.15, 0.2) is 0 Å². The molecule has 1 saturated heterocycles. The van der Waals surface area contributed by atoms with Crippen LogP contribution in [-0.2, 0) is 6.54 Å². The van der Waals surface area contributed by atoms with Crippen molar-refractivity contribution in [1.29, 1.82) is 0 Å². The third kappa shape index (κ3) is 3.41. The Hall–Kier alpha value is -2.70. The van der Waals surface area contributed by atoms with Gasteiger partial charge < -0.3 is 4.90 Å². The van der Waals surface area contributed by atoms with Crippen LogP contribution in [0.1, 0.15) is 36.6 Å². The van der Waals surface area contributed by atoms with Crippen LogP contribution in [0.4, 0.5) is 0 Å². The number of benzene rings is 2. The first-order valence-electron chi connectivity index (χ1n) is 9.16. The Morgan fingerprint density at radius 3 is 2.39 bits per heavy atom. The van der Waals surface area contributed by atoms with Crippen LogP contribution < -0.4 is 0 Å². The Kier molecular flexibility index (Phi) is 4.91. The molecular weight excluding hydrogens is 378 g/mol. The molecule has 6 nitrogen and oxygen atoms in total. The Balaban J connectivity index is 1.41. The third-order valence-electron chi connectivity index (χ3n) is 5.29. The number of rotatable bonds is 3. The highest BCUT2D eigenvalue weighted by molar-refractivity contribution is 6.30. The van der Waals surface area contributed by atoms with Crippen molar-refractivity contribution >= 4 is 29.3 Å². The first kappa shape index (κ1) is 18.7. The lowest BCUT2D eigenvalue weighted by Gasteiger charge is -2.34. The van der Waals surface area contributed by atoms with Crippen molar-refractivity contribution in [3.8, 4) is 0 Å². The molecule has 0 bridgehead atoms. The van der Waals surface area contributed by atoms with E-state index < -0.39 is 0 Å². The molecule has 2 aliphatic heterocycles. The van der Waals surface area contributed by atoms with E-state index in [0.717, 1.165) is 35.1 Å². The summed E-state index contributed by atoms with van der Waals surface area (Å²) in [5, 5.41) is 0.724. The van der Waals surface area contributed by atoms with E-state index >= 15 is 0 Å². The van der Waals surface area contributed by atoms with E-state index in [1.165, 1.54) is 7.05 Å². The molecule has 3 amide bonds. The summed E-state index contributed by atoms with van der Waals surface area (Å²) in [4.78, 5) is 42.2. The number of hydrogen-bond donors (Lipinski definition) is 0. The fourth-order valence-electron chi connectivity index (χ4n) is 3.68. The Morgan fingerprint density at radius 1 is 0.964 bits per heavy atom. The molecule has 7 heteroatoms. The summed E-state index contributed by atoms with van der Waals surface area (Å²) < 4.78 is 0. The highest BCUT2D eigenvalue weighted by Crippen LogP contribution is 2.23. The lowest BCUT2D eigenvalue weighted by Crippen LogP contribution is -2.48. The van der Waals surface area contributed by atoms with E-state index in [1.807, 2.05) is 24.3 Å². The Labute approximate surface area is 168 Å². The Bertz CT molecular complexity index is 967. The van der Waals surface area contributed by atoms with Crippen LogP contribution >= 0.6 is 11.6 Å². The molecule has 4 rings (SSSR count). The van der Waals surface area contributed by atoms with Gasteiger partial charge in [-0.15, -0.1) is 0 Å². The first-order valence-corrected chi connectivity index (χ1v) is 9.54. The minimum atomic E-state index is -0.360. The van der Waals surface area contributed by atoms with Gasteiger partial charge in [-0.1, -0.05) is 23.7 Å². The maximum absolute atomic E-state index is 12.9. The smallest absolute Gasteiger partial charge is 0.261 e. The third-order valence-corrected chi connectivity index (χ3v) is 5.53. The normalized spacial score (nSPS) is 17.2. The lowest BCUT2D eigenvalue weighted by molar-refractivity contribution is 0.0627. The van der Waals surface area contributed by atoms with Crippen molar-refractivity contribution in [1.82, 2.24) is 14.7 Å². The van der Waals surface area contributed by atoms with Crippen LogP contribution in [0.3, 0.4) is 0 Å². The standard InChI is InChI=1S/C21H20ClN3O3/c1-23-20(27)17-6-5-15(12-18(17)21(23)28)19(26)25-9-7-24(8-10-25)13-14-3-2-4-16(22)11-14/h2-6,11-12H,7-10,13H2,1H3. The largest absolute Gasteiger partial charge is 0.336 e. The number of hydrogen-bond acceptors (Lipinski definition) is 4. The first-order chi connectivity index (χ1) is 13.4. The highest BCUT2D eigenvalue weighted by atomic mass is 35.5. The molecular formula is C21H20ClN3O3. The maximum Gasteiger partial charge on any atom is 0.261 e. The van der Waals surface area contributed by atoms with Gasteiger partial charge in [0.05, 0.1) is 11.1 Å². The van der Waals surface area contributed by atoms with Crippen LogP contribution in [0.25, 0.3) is 0 Å². The molecule has 0 aromatic heterocycles. The van der Waals surface area contributed by atoms with E-state index in [0.29, 0.717) is 29.8 Å². The monoisotopic (exact) mass is 397 g/mol. The van der Waals surface area contributed by atoms with Crippen molar-refractivity contribution in [2.75, 3.05) is 33.2 Å². The number of fused-ring (bicyclic) bond motifs is 1. The van der Waals surface area contributed by atoms with Gasteiger partial charge in [0, 0.05) is 50.4 Å². The Morgan fingerprint density at radius 2 is 1.68 bits per heavy atom. The SMILES string of the molecule is CN1C(=O)c2ccc(C(=O)N3CCN(Cc4cccc(Cl)c4)CC3)cc2C1=O. The molecule has 2 aromatic rings. The summed E-state index contributed by atoms with van der Waals surface area (Å²) in [6, 6.07) is 12.5. The van der Waals surface area contributed by atoms with E-state index in [2.05, 4.69) is 4.90 Å². The number of carbonyl (C=O) groups excluding carboxylic acids is 3. The van der Waals surface area contributed by atoms with Gasteiger partial charge in [-0.05, 0) is 35.9 Å². The predicted molar refractivity (Wildman–Crippen MR) is 105 cm³/mol. The number of nitrogens with zero attached hydrogens (tertiary/aromatic N) is 3. The molecule has 0 radical (unpaired) electrons. The number of imide groups is 1. The zero-order valence-corrected chi connectivity index (χ0v) is 16.3.